The standard InChI is InChI=1S/C23H26N6OS/c1-17-9-8-14-28-15-18(24-21(17)28)16-31-23-26-25-22(27-12-6-3-7-13-27)29(23)19-10-4-5-11-20(19)30-2/h4-5,8-11,14-15H,3,6-7,12-13,16H2,1-2H3. The van der Waals surface area contributed by atoms with Crippen LogP contribution in [0.4, 0.5) is 5.95 Å². The third-order valence-corrected chi connectivity index (χ3v) is 6.62. The van der Waals surface area contributed by atoms with Gasteiger partial charge in [0, 0.05) is 31.2 Å². The number of aromatic nitrogens is 5. The highest BCUT2D eigenvalue weighted by atomic mass is 32.2. The minimum atomic E-state index is 0.717. The summed E-state index contributed by atoms with van der Waals surface area (Å²) in [5.74, 6) is 2.41. The van der Waals surface area contributed by atoms with Crippen LogP contribution >= 0.6 is 11.8 Å². The number of para-hydroxylation sites is 2. The smallest absolute Gasteiger partial charge is 0.232 e. The molecule has 0 unspecified atom stereocenters. The van der Waals surface area contributed by atoms with Gasteiger partial charge in [-0.1, -0.05) is 30.0 Å². The summed E-state index contributed by atoms with van der Waals surface area (Å²) in [5.41, 5.74) is 4.15. The molecule has 0 spiro atoms. The van der Waals surface area contributed by atoms with Gasteiger partial charge in [-0.25, -0.2) is 4.98 Å². The van der Waals surface area contributed by atoms with E-state index in [1.165, 1.54) is 24.8 Å². The topological polar surface area (TPSA) is 60.5 Å². The first-order valence-electron chi connectivity index (χ1n) is 10.6. The van der Waals surface area contributed by atoms with Crippen molar-refractivity contribution >= 4 is 23.4 Å². The molecule has 5 rings (SSSR count). The Hall–Kier alpha value is -3.00. The van der Waals surface area contributed by atoms with Crippen LogP contribution in [0, 0.1) is 6.92 Å². The first-order valence-corrected chi connectivity index (χ1v) is 11.6. The van der Waals surface area contributed by atoms with Crippen LogP contribution in [0.3, 0.4) is 0 Å². The average molecular weight is 435 g/mol. The molecule has 8 heteroatoms. The molecule has 0 aliphatic carbocycles. The number of benzene rings is 1. The van der Waals surface area contributed by atoms with Crippen molar-refractivity contribution in [2.75, 3.05) is 25.1 Å². The van der Waals surface area contributed by atoms with Crippen molar-refractivity contribution in [3.05, 3.63) is 60.0 Å². The van der Waals surface area contributed by atoms with Crippen molar-refractivity contribution in [3.63, 3.8) is 0 Å². The molecule has 0 bridgehead atoms. The lowest BCUT2D eigenvalue weighted by atomic mass is 10.1. The van der Waals surface area contributed by atoms with Gasteiger partial charge in [0.25, 0.3) is 0 Å². The van der Waals surface area contributed by atoms with E-state index in [0.29, 0.717) is 5.75 Å². The van der Waals surface area contributed by atoms with Crippen molar-refractivity contribution in [2.24, 2.45) is 0 Å². The molecule has 1 saturated heterocycles. The van der Waals surface area contributed by atoms with Gasteiger partial charge in [0.05, 0.1) is 18.5 Å². The lowest BCUT2D eigenvalue weighted by Crippen LogP contribution is -2.31. The van der Waals surface area contributed by atoms with Crippen LogP contribution in [0.25, 0.3) is 11.3 Å². The van der Waals surface area contributed by atoms with E-state index in [-0.39, 0.29) is 0 Å². The number of anilines is 1. The zero-order chi connectivity index (χ0) is 21.2. The highest BCUT2D eigenvalue weighted by molar-refractivity contribution is 7.98. The number of piperidine rings is 1. The lowest BCUT2D eigenvalue weighted by molar-refractivity contribution is 0.412. The van der Waals surface area contributed by atoms with Crippen LogP contribution in [0.2, 0.25) is 0 Å². The molecule has 0 N–H and O–H groups in total. The molecular formula is C23H26N6OS. The molecule has 1 aliphatic rings. The number of nitrogens with zero attached hydrogens (tertiary/aromatic N) is 6. The largest absolute Gasteiger partial charge is 0.495 e. The number of hydrogen-bond donors (Lipinski definition) is 0. The van der Waals surface area contributed by atoms with Crippen LogP contribution in [-0.2, 0) is 5.75 Å². The summed E-state index contributed by atoms with van der Waals surface area (Å²) in [6.45, 7) is 4.09. The fraction of sp³-hybridized carbons (Fsp3) is 0.348. The van der Waals surface area contributed by atoms with E-state index in [9.17, 15) is 0 Å². The predicted molar refractivity (Wildman–Crippen MR) is 123 cm³/mol. The number of pyridine rings is 1. The highest BCUT2D eigenvalue weighted by Gasteiger charge is 2.23. The van der Waals surface area contributed by atoms with Gasteiger partial charge in [-0.15, -0.1) is 10.2 Å². The lowest BCUT2D eigenvalue weighted by Gasteiger charge is -2.28. The zero-order valence-electron chi connectivity index (χ0n) is 17.9. The normalized spacial score (nSPS) is 14.3. The summed E-state index contributed by atoms with van der Waals surface area (Å²) in [5, 5.41) is 10.0. The molecule has 0 saturated carbocycles. The summed E-state index contributed by atoms with van der Waals surface area (Å²) in [7, 11) is 1.70. The first-order chi connectivity index (χ1) is 15.2. The SMILES string of the molecule is COc1ccccc1-n1c(SCc2cn3cccc(C)c3n2)nnc1N1CCCCC1. The van der Waals surface area contributed by atoms with Gasteiger partial charge in [0.1, 0.15) is 11.4 Å². The molecule has 7 nitrogen and oxygen atoms in total. The molecule has 3 aromatic heterocycles. The summed E-state index contributed by atoms with van der Waals surface area (Å²) in [4.78, 5) is 7.14. The maximum Gasteiger partial charge on any atom is 0.232 e. The second-order valence-corrected chi connectivity index (χ2v) is 8.72. The van der Waals surface area contributed by atoms with Crippen LogP contribution < -0.4 is 9.64 Å². The number of imidazole rings is 1. The third kappa shape index (κ3) is 3.87. The molecule has 1 fully saturated rings. The number of ether oxygens (including phenoxy) is 1. The number of methoxy groups -OCH3 is 1. The zero-order valence-corrected chi connectivity index (χ0v) is 18.7. The Morgan fingerprint density at radius 2 is 1.87 bits per heavy atom. The minimum Gasteiger partial charge on any atom is -0.495 e. The van der Waals surface area contributed by atoms with Crippen LogP contribution in [0.5, 0.6) is 5.75 Å². The van der Waals surface area contributed by atoms with E-state index >= 15 is 0 Å². The molecular weight excluding hydrogens is 408 g/mol. The van der Waals surface area contributed by atoms with Crippen LogP contribution in [0.15, 0.2) is 53.9 Å². The van der Waals surface area contributed by atoms with Gasteiger partial charge < -0.3 is 14.0 Å². The summed E-state index contributed by atoms with van der Waals surface area (Å²) >= 11 is 1.65. The number of hydrogen-bond acceptors (Lipinski definition) is 6. The maximum atomic E-state index is 5.66. The number of rotatable bonds is 6. The monoisotopic (exact) mass is 434 g/mol. The Kier molecular flexibility index (Phi) is 5.55. The fourth-order valence-corrected chi connectivity index (χ4v) is 4.92. The van der Waals surface area contributed by atoms with Crippen LogP contribution in [-0.4, -0.2) is 44.3 Å². The van der Waals surface area contributed by atoms with Crippen LogP contribution in [0.1, 0.15) is 30.5 Å². The van der Waals surface area contributed by atoms with Crippen molar-refractivity contribution in [1.82, 2.24) is 24.1 Å². The second-order valence-electron chi connectivity index (χ2n) is 7.78. The Morgan fingerprint density at radius 1 is 1.03 bits per heavy atom. The average Bonchev–Trinajstić information content (AvgIpc) is 3.43. The summed E-state index contributed by atoms with van der Waals surface area (Å²) in [6, 6.07) is 12.2. The summed E-state index contributed by atoms with van der Waals surface area (Å²) in [6.07, 6.45) is 7.76. The quantitative estimate of drug-likeness (QED) is 0.416. The van der Waals surface area contributed by atoms with E-state index in [4.69, 9.17) is 9.72 Å². The highest BCUT2D eigenvalue weighted by Crippen LogP contribution is 2.33. The van der Waals surface area contributed by atoms with Gasteiger partial charge in [-0.2, -0.15) is 0 Å². The molecule has 4 aromatic rings. The molecule has 4 heterocycles. The van der Waals surface area contributed by atoms with Crippen molar-refractivity contribution in [2.45, 2.75) is 37.1 Å². The number of aryl methyl sites for hydroxylation is 1. The summed E-state index contributed by atoms with van der Waals surface area (Å²) < 4.78 is 9.88. The van der Waals surface area contributed by atoms with E-state index in [1.807, 2.05) is 30.5 Å². The van der Waals surface area contributed by atoms with Gasteiger partial charge >= 0.3 is 0 Å². The third-order valence-electron chi connectivity index (χ3n) is 5.66. The molecule has 160 valence electrons. The van der Waals surface area contributed by atoms with E-state index in [2.05, 4.69) is 49.3 Å². The minimum absolute atomic E-state index is 0.717. The predicted octanol–water partition coefficient (Wildman–Crippen LogP) is 4.51. The number of thioether (sulfide) groups is 1. The fourth-order valence-electron chi connectivity index (χ4n) is 4.09. The van der Waals surface area contributed by atoms with E-state index < -0.39 is 0 Å². The molecule has 0 atom stereocenters. The Bertz CT molecular complexity index is 1190. The Balaban J connectivity index is 1.50. The first kappa shape index (κ1) is 19.9. The molecule has 0 radical (unpaired) electrons. The Labute approximate surface area is 186 Å². The van der Waals surface area contributed by atoms with Gasteiger partial charge in [-0.05, 0) is 49.9 Å². The maximum absolute atomic E-state index is 5.66. The number of fused-ring (bicyclic) bond motifs is 1. The van der Waals surface area contributed by atoms with Gasteiger partial charge in [-0.3, -0.25) is 4.57 Å². The molecule has 0 amide bonds. The van der Waals surface area contributed by atoms with Crippen molar-refractivity contribution < 1.29 is 4.74 Å². The second kappa shape index (κ2) is 8.63. The van der Waals surface area contributed by atoms with E-state index in [1.54, 1.807) is 18.9 Å². The van der Waals surface area contributed by atoms with Gasteiger partial charge in [0.2, 0.25) is 5.95 Å². The molecule has 31 heavy (non-hydrogen) atoms. The van der Waals surface area contributed by atoms with Crippen molar-refractivity contribution in [3.8, 4) is 11.4 Å². The van der Waals surface area contributed by atoms with Crippen molar-refractivity contribution in [1.29, 1.82) is 0 Å². The Morgan fingerprint density at radius 3 is 2.68 bits per heavy atom. The van der Waals surface area contributed by atoms with E-state index in [0.717, 1.165) is 47.0 Å². The molecule has 1 aromatic carbocycles. The van der Waals surface area contributed by atoms with Gasteiger partial charge in [0.15, 0.2) is 5.16 Å². The molecule has 1 aliphatic heterocycles.